The Hall–Kier alpha value is -2.54. The Morgan fingerprint density at radius 2 is 1.77 bits per heavy atom. The van der Waals surface area contributed by atoms with E-state index in [4.69, 9.17) is 5.26 Å². The van der Waals surface area contributed by atoms with E-state index in [-0.39, 0.29) is 0 Å². The van der Waals surface area contributed by atoms with E-state index in [9.17, 15) is 0 Å². The van der Waals surface area contributed by atoms with Gasteiger partial charge in [0, 0.05) is 24.1 Å². The molecule has 0 aliphatic heterocycles. The van der Waals surface area contributed by atoms with Crippen LogP contribution >= 0.6 is 0 Å². The fourth-order valence-corrected chi connectivity index (χ4v) is 2.83. The molecule has 4 nitrogen and oxygen atoms in total. The number of nitrogens with one attached hydrogen (secondary N) is 2. The Kier molecular flexibility index (Phi) is 4.55. The van der Waals surface area contributed by atoms with Crippen LogP contribution in [0.1, 0.15) is 31.2 Å². The van der Waals surface area contributed by atoms with Crippen molar-refractivity contribution in [1.82, 2.24) is 4.98 Å². The van der Waals surface area contributed by atoms with Crippen LogP contribution in [0.25, 0.3) is 0 Å². The Labute approximate surface area is 131 Å². The standard InChI is InChI=1S/C18H20N4/c19-11-15-5-10-18(21-13-15)22-17-8-6-16(7-9-17)20-12-14-3-1-2-4-14/h5-10,13-14,20H,1-4,12H2,(H,21,22). The molecule has 1 aromatic carbocycles. The number of benzene rings is 1. The van der Waals surface area contributed by atoms with E-state index in [2.05, 4.69) is 33.8 Å². The van der Waals surface area contributed by atoms with Gasteiger partial charge < -0.3 is 10.6 Å². The Balaban J connectivity index is 1.55. The molecule has 4 heteroatoms. The molecule has 0 spiro atoms. The quantitative estimate of drug-likeness (QED) is 0.862. The Morgan fingerprint density at radius 1 is 1.05 bits per heavy atom. The second kappa shape index (κ2) is 6.95. The van der Waals surface area contributed by atoms with Gasteiger partial charge in [0.15, 0.2) is 0 Å². The highest BCUT2D eigenvalue weighted by Gasteiger charge is 2.14. The van der Waals surface area contributed by atoms with Gasteiger partial charge in [-0.15, -0.1) is 0 Å². The van der Waals surface area contributed by atoms with Gasteiger partial charge in [0.25, 0.3) is 0 Å². The first-order valence-corrected chi connectivity index (χ1v) is 7.80. The van der Waals surface area contributed by atoms with Gasteiger partial charge in [-0.05, 0) is 55.2 Å². The molecule has 3 rings (SSSR count). The highest BCUT2D eigenvalue weighted by atomic mass is 15.0. The van der Waals surface area contributed by atoms with E-state index in [1.165, 1.54) is 25.7 Å². The fourth-order valence-electron chi connectivity index (χ4n) is 2.83. The first kappa shape index (κ1) is 14.4. The Morgan fingerprint density at radius 3 is 2.41 bits per heavy atom. The van der Waals surface area contributed by atoms with E-state index < -0.39 is 0 Å². The second-order valence-electron chi connectivity index (χ2n) is 5.78. The summed E-state index contributed by atoms with van der Waals surface area (Å²) >= 11 is 0. The van der Waals surface area contributed by atoms with Gasteiger partial charge in [0.2, 0.25) is 0 Å². The van der Waals surface area contributed by atoms with Crippen molar-refractivity contribution in [3.8, 4) is 6.07 Å². The molecule has 1 heterocycles. The van der Waals surface area contributed by atoms with Crippen molar-refractivity contribution in [3.05, 3.63) is 48.2 Å². The van der Waals surface area contributed by atoms with Gasteiger partial charge in [-0.1, -0.05) is 12.8 Å². The van der Waals surface area contributed by atoms with Crippen molar-refractivity contribution < 1.29 is 0 Å². The molecule has 1 aliphatic rings. The molecule has 0 saturated heterocycles. The second-order valence-corrected chi connectivity index (χ2v) is 5.78. The summed E-state index contributed by atoms with van der Waals surface area (Å²) in [5.41, 5.74) is 2.71. The number of pyridine rings is 1. The molecule has 0 unspecified atom stereocenters. The molecule has 1 fully saturated rings. The van der Waals surface area contributed by atoms with Crippen LogP contribution in [0.2, 0.25) is 0 Å². The zero-order valence-corrected chi connectivity index (χ0v) is 12.5. The lowest BCUT2D eigenvalue weighted by molar-refractivity contribution is 0.580. The third kappa shape index (κ3) is 3.76. The lowest BCUT2D eigenvalue weighted by atomic mass is 10.1. The fraction of sp³-hybridized carbons (Fsp3) is 0.333. The number of aromatic nitrogens is 1. The number of hydrogen-bond acceptors (Lipinski definition) is 4. The van der Waals surface area contributed by atoms with Crippen molar-refractivity contribution in [2.24, 2.45) is 5.92 Å². The first-order valence-electron chi connectivity index (χ1n) is 7.80. The summed E-state index contributed by atoms with van der Waals surface area (Å²) in [6.07, 6.45) is 7.05. The molecule has 0 bridgehead atoms. The summed E-state index contributed by atoms with van der Waals surface area (Å²) in [5, 5.41) is 15.5. The highest BCUT2D eigenvalue weighted by molar-refractivity contribution is 5.60. The van der Waals surface area contributed by atoms with Crippen LogP contribution in [-0.4, -0.2) is 11.5 Å². The normalized spacial score (nSPS) is 14.5. The van der Waals surface area contributed by atoms with Crippen LogP contribution in [0.15, 0.2) is 42.6 Å². The van der Waals surface area contributed by atoms with Gasteiger partial charge in [0.05, 0.1) is 5.56 Å². The maximum Gasteiger partial charge on any atom is 0.130 e. The predicted octanol–water partition coefficient (Wildman–Crippen LogP) is 4.30. The maximum absolute atomic E-state index is 8.76. The number of nitrogens with zero attached hydrogens (tertiary/aromatic N) is 2. The molecule has 1 aliphatic carbocycles. The topological polar surface area (TPSA) is 60.7 Å². The summed E-state index contributed by atoms with van der Waals surface area (Å²) < 4.78 is 0. The summed E-state index contributed by atoms with van der Waals surface area (Å²) in [5.74, 6) is 1.58. The molecular weight excluding hydrogens is 272 g/mol. The molecular formula is C18H20N4. The SMILES string of the molecule is N#Cc1ccc(Nc2ccc(NCC3CCCC3)cc2)nc1. The summed E-state index contributed by atoms with van der Waals surface area (Å²) in [4.78, 5) is 4.21. The maximum atomic E-state index is 8.76. The minimum absolute atomic E-state index is 0.567. The van der Waals surface area contributed by atoms with Crippen molar-refractivity contribution in [2.75, 3.05) is 17.2 Å². The van der Waals surface area contributed by atoms with Gasteiger partial charge in [-0.25, -0.2) is 4.98 Å². The molecule has 1 saturated carbocycles. The zero-order chi connectivity index (χ0) is 15.2. The van der Waals surface area contributed by atoms with Crippen molar-refractivity contribution in [3.63, 3.8) is 0 Å². The molecule has 0 atom stereocenters. The van der Waals surface area contributed by atoms with Crippen molar-refractivity contribution in [1.29, 1.82) is 5.26 Å². The molecule has 1 aromatic heterocycles. The summed E-state index contributed by atoms with van der Waals surface area (Å²) in [6, 6.07) is 13.9. The lowest BCUT2D eigenvalue weighted by Gasteiger charge is -2.12. The average molecular weight is 292 g/mol. The van der Waals surface area contributed by atoms with Crippen LogP contribution in [0.4, 0.5) is 17.2 Å². The predicted molar refractivity (Wildman–Crippen MR) is 89.1 cm³/mol. The van der Waals surface area contributed by atoms with Crippen molar-refractivity contribution in [2.45, 2.75) is 25.7 Å². The largest absolute Gasteiger partial charge is 0.385 e. The monoisotopic (exact) mass is 292 g/mol. The lowest BCUT2D eigenvalue weighted by Crippen LogP contribution is -2.10. The van der Waals surface area contributed by atoms with Gasteiger partial charge >= 0.3 is 0 Å². The number of hydrogen-bond donors (Lipinski definition) is 2. The molecule has 0 amide bonds. The third-order valence-electron chi connectivity index (χ3n) is 4.12. The molecule has 2 aromatic rings. The van der Waals surface area contributed by atoms with Crippen LogP contribution in [0.5, 0.6) is 0 Å². The van der Waals surface area contributed by atoms with Crippen LogP contribution in [0.3, 0.4) is 0 Å². The average Bonchev–Trinajstić information content (AvgIpc) is 3.08. The number of anilines is 3. The van der Waals surface area contributed by atoms with E-state index >= 15 is 0 Å². The van der Waals surface area contributed by atoms with E-state index in [1.807, 2.05) is 18.2 Å². The van der Waals surface area contributed by atoms with Gasteiger partial charge in [0.1, 0.15) is 11.9 Å². The molecule has 112 valence electrons. The van der Waals surface area contributed by atoms with Gasteiger partial charge in [-0.3, -0.25) is 0 Å². The smallest absolute Gasteiger partial charge is 0.130 e. The van der Waals surface area contributed by atoms with E-state index in [0.29, 0.717) is 5.56 Å². The van der Waals surface area contributed by atoms with Crippen molar-refractivity contribution >= 4 is 17.2 Å². The van der Waals surface area contributed by atoms with Crippen LogP contribution < -0.4 is 10.6 Å². The molecule has 22 heavy (non-hydrogen) atoms. The molecule has 0 radical (unpaired) electrons. The summed E-state index contributed by atoms with van der Waals surface area (Å²) in [7, 11) is 0. The third-order valence-corrected chi connectivity index (χ3v) is 4.12. The first-order chi connectivity index (χ1) is 10.8. The van der Waals surface area contributed by atoms with E-state index in [0.717, 1.165) is 29.7 Å². The van der Waals surface area contributed by atoms with Crippen LogP contribution in [-0.2, 0) is 0 Å². The molecule has 2 N–H and O–H groups in total. The zero-order valence-electron chi connectivity index (χ0n) is 12.5. The highest BCUT2D eigenvalue weighted by Crippen LogP contribution is 2.25. The minimum atomic E-state index is 0.567. The Bertz CT molecular complexity index is 634. The number of nitriles is 1. The minimum Gasteiger partial charge on any atom is -0.385 e. The summed E-state index contributed by atoms with van der Waals surface area (Å²) in [6.45, 7) is 1.07. The van der Waals surface area contributed by atoms with Crippen LogP contribution in [0, 0.1) is 17.2 Å². The van der Waals surface area contributed by atoms with Gasteiger partial charge in [-0.2, -0.15) is 5.26 Å². The van der Waals surface area contributed by atoms with E-state index in [1.54, 1.807) is 12.3 Å². The number of rotatable bonds is 5.